The van der Waals surface area contributed by atoms with E-state index in [1.54, 1.807) is 6.07 Å². The third kappa shape index (κ3) is 4.35. The average molecular weight is 280 g/mol. The number of benzene rings is 1. The summed E-state index contributed by atoms with van der Waals surface area (Å²) in [7, 11) is 0. The van der Waals surface area contributed by atoms with Gasteiger partial charge in [-0.15, -0.1) is 0 Å². The van der Waals surface area contributed by atoms with Gasteiger partial charge in [0.1, 0.15) is 5.75 Å². The highest BCUT2D eigenvalue weighted by atomic mass is 32.2. The van der Waals surface area contributed by atoms with Gasteiger partial charge in [0.25, 0.3) is 0 Å². The smallest absolute Gasteiger partial charge is 0.226 e. The fraction of sp³-hybridized carbons (Fsp3) is 0.500. The summed E-state index contributed by atoms with van der Waals surface area (Å²) in [5.41, 5.74) is 6.39. The predicted octanol–water partition coefficient (Wildman–Crippen LogP) is 2.00. The van der Waals surface area contributed by atoms with Crippen molar-refractivity contribution in [1.29, 1.82) is 0 Å². The Labute approximate surface area is 118 Å². The molecule has 5 heteroatoms. The Balaban J connectivity index is 1.76. The Morgan fingerprint density at radius 1 is 1.32 bits per heavy atom. The van der Waals surface area contributed by atoms with Gasteiger partial charge in [-0.1, -0.05) is 12.1 Å². The van der Waals surface area contributed by atoms with Crippen molar-refractivity contribution < 1.29 is 9.53 Å². The fourth-order valence-corrected chi connectivity index (χ4v) is 2.90. The maximum atomic E-state index is 12.0. The first-order chi connectivity index (χ1) is 9.27. The summed E-state index contributed by atoms with van der Waals surface area (Å²) in [6.45, 7) is 2.12. The molecule has 1 aromatic carbocycles. The monoisotopic (exact) mass is 280 g/mol. The number of carbonyl (C=O) groups excluding carboxylic acids is 1. The molecule has 1 heterocycles. The highest BCUT2D eigenvalue weighted by molar-refractivity contribution is 7.99. The first-order valence-electron chi connectivity index (χ1n) is 6.60. The summed E-state index contributed by atoms with van der Waals surface area (Å²) in [6.07, 6.45) is 1.50. The van der Waals surface area contributed by atoms with E-state index >= 15 is 0 Å². The maximum Gasteiger partial charge on any atom is 0.226 e. The Bertz CT molecular complexity index is 418. The van der Waals surface area contributed by atoms with E-state index in [1.165, 1.54) is 0 Å². The van der Waals surface area contributed by atoms with Crippen LogP contribution < -0.4 is 10.5 Å². The van der Waals surface area contributed by atoms with Gasteiger partial charge < -0.3 is 15.4 Å². The number of anilines is 1. The van der Waals surface area contributed by atoms with Crippen LogP contribution in [0.15, 0.2) is 24.3 Å². The number of amides is 1. The SMILES string of the molecule is Nc1ccccc1OCCC(=O)N1CCCSCC1. The minimum atomic E-state index is 0.178. The molecule has 0 atom stereocenters. The fourth-order valence-electron chi connectivity index (χ4n) is 2.01. The molecule has 0 saturated carbocycles. The van der Waals surface area contributed by atoms with E-state index in [0.717, 1.165) is 31.0 Å². The first kappa shape index (κ1) is 14.1. The van der Waals surface area contributed by atoms with Gasteiger partial charge in [-0.2, -0.15) is 11.8 Å². The maximum absolute atomic E-state index is 12.0. The molecule has 4 nitrogen and oxygen atoms in total. The number of para-hydroxylation sites is 2. The molecule has 1 amide bonds. The van der Waals surface area contributed by atoms with Crippen molar-refractivity contribution >= 4 is 23.4 Å². The van der Waals surface area contributed by atoms with Crippen molar-refractivity contribution in [3.05, 3.63) is 24.3 Å². The molecule has 0 aliphatic carbocycles. The van der Waals surface area contributed by atoms with Crippen molar-refractivity contribution in [2.45, 2.75) is 12.8 Å². The lowest BCUT2D eigenvalue weighted by Gasteiger charge is -2.20. The summed E-state index contributed by atoms with van der Waals surface area (Å²) >= 11 is 1.92. The lowest BCUT2D eigenvalue weighted by Crippen LogP contribution is -2.33. The minimum Gasteiger partial charge on any atom is -0.491 e. The largest absolute Gasteiger partial charge is 0.491 e. The second kappa shape index (κ2) is 7.28. The number of rotatable bonds is 4. The van der Waals surface area contributed by atoms with E-state index in [2.05, 4.69) is 0 Å². The van der Waals surface area contributed by atoms with Gasteiger partial charge >= 0.3 is 0 Å². The zero-order valence-electron chi connectivity index (χ0n) is 11.0. The predicted molar refractivity (Wildman–Crippen MR) is 79.5 cm³/mol. The molecule has 1 aliphatic heterocycles. The quantitative estimate of drug-likeness (QED) is 0.857. The van der Waals surface area contributed by atoms with Crippen LogP contribution in [0.3, 0.4) is 0 Å². The molecular weight excluding hydrogens is 260 g/mol. The van der Waals surface area contributed by atoms with Crippen molar-refractivity contribution in [1.82, 2.24) is 4.90 Å². The normalized spacial score (nSPS) is 15.9. The van der Waals surface area contributed by atoms with Gasteiger partial charge in [-0.05, 0) is 24.3 Å². The average Bonchev–Trinajstić information content (AvgIpc) is 2.70. The van der Waals surface area contributed by atoms with Crippen LogP contribution in [0.2, 0.25) is 0 Å². The van der Waals surface area contributed by atoms with Gasteiger partial charge in [0.2, 0.25) is 5.91 Å². The molecule has 1 aliphatic rings. The van der Waals surface area contributed by atoms with Gasteiger partial charge in [0, 0.05) is 18.8 Å². The molecule has 1 fully saturated rings. The van der Waals surface area contributed by atoms with E-state index in [1.807, 2.05) is 34.9 Å². The van der Waals surface area contributed by atoms with E-state index in [0.29, 0.717) is 24.5 Å². The second-order valence-corrected chi connectivity index (χ2v) is 5.71. The van der Waals surface area contributed by atoms with E-state index in [4.69, 9.17) is 10.5 Å². The van der Waals surface area contributed by atoms with Crippen LogP contribution >= 0.6 is 11.8 Å². The number of hydrogen-bond donors (Lipinski definition) is 1. The highest BCUT2D eigenvalue weighted by Crippen LogP contribution is 2.20. The van der Waals surface area contributed by atoms with Crippen molar-refractivity contribution in [2.75, 3.05) is 36.9 Å². The molecule has 19 heavy (non-hydrogen) atoms. The molecule has 0 radical (unpaired) electrons. The Hall–Kier alpha value is -1.36. The Morgan fingerprint density at radius 2 is 2.16 bits per heavy atom. The summed E-state index contributed by atoms with van der Waals surface area (Å²) in [4.78, 5) is 14.0. The van der Waals surface area contributed by atoms with Crippen molar-refractivity contribution in [3.8, 4) is 5.75 Å². The van der Waals surface area contributed by atoms with Crippen LogP contribution in [0.5, 0.6) is 5.75 Å². The Kier molecular flexibility index (Phi) is 5.39. The molecule has 0 spiro atoms. The van der Waals surface area contributed by atoms with Crippen LogP contribution in [0.4, 0.5) is 5.69 Å². The lowest BCUT2D eigenvalue weighted by atomic mass is 10.3. The number of nitrogens with zero attached hydrogens (tertiary/aromatic N) is 1. The molecule has 1 saturated heterocycles. The number of carbonyl (C=O) groups is 1. The third-order valence-corrected chi connectivity index (χ3v) is 4.12. The first-order valence-corrected chi connectivity index (χ1v) is 7.75. The van der Waals surface area contributed by atoms with Gasteiger partial charge in [0.15, 0.2) is 0 Å². The number of nitrogen functional groups attached to an aromatic ring is 1. The van der Waals surface area contributed by atoms with Crippen LogP contribution in [0.1, 0.15) is 12.8 Å². The van der Waals surface area contributed by atoms with Gasteiger partial charge in [-0.3, -0.25) is 4.79 Å². The molecular formula is C14H20N2O2S. The number of hydrogen-bond acceptors (Lipinski definition) is 4. The molecule has 2 rings (SSSR count). The van der Waals surface area contributed by atoms with Crippen molar-refractivity contribution in [3.63, 3.8) is 0 Å². The second-order valence-electron chi connectivity index (χ2n) is 4.48. The molecule has 1 aromatic rings. The summed E-state index contributed by atoms with van der Waals surface area (Å²) in [5, 5.41) is 0. The summed E-state index contributed by atoms with van der Waals surface area (Å²) < 4.78 is 5.55. The van der Waals surface area contributed by atoms with E-state index < -0.39 is 0 Å². The van der Waals surface area contributed by atoms with Crippen LogP contribution in [-0.2, 0) is 4.79 Å². The number of thioether (sulfide) groups is 1. The van der Waals surface area contributed by atoms with E-state index in [9.17, 15) is 4.79 Å². The minimum absolute atomic E-state index is 0.178. The zero-order chi connectivity index (χ0) is 13.5. The standard InChI is InChI=1S/C14H20N2O2S/c15-12-4-1-2-5-13(12)18-9-6-14(17)16-7-3-10-19-11-8-16/h1-2,4-5H,3,6-11,15H2. The van der Waals surface area contributed by atoms with Gasteiger partial charge in [-0.25, -0.2) is 0 Å². The molecule has 2 N–H and O–H groups in total. The number of nitrogens with two attached hydrogens (primary N) is 1. The van der Waals surface area contributed by atoms with Crippen LogP contribution in [0.25, 0.3) is 0 Å². The Morgan fingerprint density at radius 3 is 3.00 bits per heavy atom. The molecule has 0 bridgehead atoms. The number of ether oxygens (including phenoxy) is 1. The van der Waals surface area contributed by atoms with E-state index in [-0.39, 0.29) is 5.91 Å². The molecule has 0 unspecified atom stereocenters. The van der Waals surface area contributed by atoms with Crippen molar-refractivity contribution in [2.24, 2.45) is 0 Å². The lowest BCUT2D eigenvalue weighted by molar-refractivity contribution is -0.131. The molecule has 0 aromatic heterocycles. The summed E-state index contributed by atoms with van der Waals surface area (Å²) in [5.74, 6) is 3.03. The third-order valence-electron chi connectivity index (χ3n) is 3.07. The van der Waals surface area contributed by atoms with Crippen LogP contribution in [0, 0.1) is 0 Å². The highest BCUT2D eigenvalue weighted by Gasteiger charge is 2.15. The van der Waals surface area contributed by atoms with Crippen LogP contribution in [-0.4, -0.2) is 42.0 Å². The molecule has 104 valence electrons. The van der Waals surface area contributed by atoms with Gasteiger partial charge in [0.05, 0.1) is 18.7 Å². The topological polar surface area (TPSA) is 55.6 Å². The summed E-state index contributed by atoms with van der Waals surface area (Å²) in [6, 6.07) is 7.35. The zero-order valence-corrected chi connectivity index (χ0v) is 11.8.